The van der Waals surface area contributed by atoms with Crippen LogP contribution in [0.25, 0.3) is 44.1 Å². The monoisotopic (exact) mass is 789 g/mol. The number of hydrogen-bond acceptors (Lipinski definition) is 2. The van der Waals surface area contributed by atoms with Gasteiger partial charge in [0.2, 0.25) is 0 Å². The van der Waals surface area contributed by atoms with Gasteiger partial charge in [-0.1, -0.05) is 125 Å². The van der Waals surface area contributed by atoms with Crippen molar-refractivity contribution in [3.05, 3.63) is 204 Å². The van der Waals surface area contributed by atoms with Gasteiger partial charge in [-0.2, -0.15) is 0 Å². The first-order valence-electron chi connectivity index (χ1n) is 22.3. The molecule has 2 aliphatic carbocycles. The Morgan fingerprint density at radius 2 is 0.672 bits per heavy atom. The number of nitrogens with zero attached hydrogens (tertiary/aromatic N) is 2. The minimum Gasteiger partial charge on any atom is -0.355 e. The summed E-state index contributed by atoms with van der Waals surface area (Å²) in [5.41, 5.74) is 20.4. The fourth-order valence-corrected chi connectivity index (χ4v) is 11.4. The number of nitrogens with one attached hydrogen (secondary N) is 1. The Labute approximate surface area is 360 Å². The van der Waals surface area contributed by atoms with Crippen molar-refractivity contribution in [1.29, 1.82) is 0 Å². The lowest BCUT2D eigenvalue weighted by Gasteiger charge is -2.32. The molecule has 11 rings (SSSR count). The van der Waals surface area contributed by atoms with Crippen molar-refractivity contribution in [3.63, 3.8) is 0 Å². The third kappa shape index (κ3) is 5.49. The van der Waals surface area contributed by atoms with Crippen molar-refractivity contribution < 1.29 is 0 Å². The van der Waals surface area contributed by atoms with Crippen LogP contribution in [0.2, 0.25) is 0 Å². The molecule has 0 bridgehead atoms. The Bertz CT molecular complexity index is 2890. The lowest BCUT2D eigenvalue weighted by atomic mass is 9.74. The summed E-state index contributed by atoms with van der Waals surface area (Å²) in [6, 6.07) is 67.9. The molecule has 1 N–H and O–H groups in total. The maximum absolute atomic E-state index is 3.77. The van der Waals surface area contributed by atoms with E-state index in [4.69, 9.17) is 0 Å². The topological polar surface area (TPSA) is 22.3 Å². The van der Waals surface area contributed by atoms with Crippen LogP contribution in [0.3, 0.4) is 0 Å². The molecule has 2 aliphatic rings. The third-order valence-corrected chi connectivity index (χ3v) is 14.5. The van der Waals surface area contributed by atoms with Gasteiger partial charge in [-0.15, -0.1) is 0 Å². The molecule has 0 radical (unpaired) electrons. The molecule has 0 spiro atoms. The zero-order valence-electron chi connectivity index (χ0n) is 35.5. The number of fused-ring (bicyclic) bond motifs is 9. The second-order valence-electron chi connectivity index (χ2n) is 17.1. The summed E-state index contributed by atoms with van der Waals surface area (Å²) in [7, 11) is 0. The first-order chi connectivity index (χ1) is 30.0. The van der Waals surface area contributed by atoms with Crippen LogP contribution < -0.4 is 9.80 Å². The summed E-state index contributed by atoms with van der Waals surface area (Å²) in [4.78, 5) is 8.65. The number of rotatable bonds is 10. The fraction of sp³-hybridized carbons (Fsp3) is 0.172. The standard InChI is InChI=1S/C58H51N3/c1-5-57(6-2)51-25-17-15-23-45(51)47-31-27-43(37-53(47)57)60(39-19-11-9-12-20-39)41-29-33-55-49(35-41)50-36-42(30-34-56(50)59-55)61(40-21-13-10-14-22-40)44-28-32-48-46-24-16-18-26-52(46)58(7-3,8-4)54(48)38-44/h9-38,59H,5-8H2,1-4H3. The molecule has 0 unspecified atom stereocenters. The summed E-state index contributed by atoms with van der Waals surface area (Å²) < 4.78 is 0. The molecule has 0 atom stereocenters. The SMILES string of the molecule is CCC1(CC)c2ccccc2-c2ccc(N(c3ccccc3)c3ccc4[nH]c5ccc(N(c6ccccc6)c6ccc7c(c6)C(CC)(CC)c6ccccc6-7)cc5c4c3)cc21. The van der Waals surface area contributed by atoms with E-state index >= 15 is 0 Å². The summed E-state index contributed by atoms with van der Waals surface area (Å²) in [6.45, 7) is 9.40. The average molecular weight is 790 g/mol. The highest BCUT2D eigenvalue weighted by Gasteiger charge is 2.42. The molecule has 1 heterocycles. The number of anilines is 6. The van der Waals surface area contributed by atoms with E-state index in [1.165, 1.54) is 66.7 Å². The third-order valence-electron chi connectivity index (χ3n) is 14.5. The predicted molar refractivity (Wildman–Crippen MR) is 259 cm³/mol. The lowest BCUT2D eigenvalue weighted by molar-refractivity contribution is 0.490. The van der Waals surface area contributed by atoms with Gasteiger partial charge in [-0.3, -0.25) is 0 Å². The highest BCUT2D eigenvalue weighted by molar-refractivity contribution is 6.10. The van der Waals surface area contributed by atoms with Gasteiger partial charge in [0.1, 0.15) is 0 Å². The van der Waals surface area contributed by atoms with E-state index in [-0.39, 0.29) is 10.8 Å². The van der Waals surface area contributed by atoms with Crippen molar-refractivity contribution in [2.45, 2.75) is 64.2 Å². The van der Waals surface area contributed by atoms with Gasteiger partial charge in [0.05, 0.1) is 0 Å². The highest BCUT2D eigenvalue weighted by atomic mass is 15.1. The number of hydrogen-bond donors (Lipinski definition) is 1. The molecule has 1 aromatic heterocycles. The first kappa shape index (κ1) is 37.2. The number of benzene rings is 8. The molecule has 0 saturated heterocycles. The van der Waals surface area contributed by atoms with Crippen LogP contribution >= 0.6 is 0 Å². The second-order valence-corrected chi connectivity index (χ2v) is 17.1. The molecule has 3 heteroatoms. The molecule has 3 nitrogen and oxygen atoms in total. The Hall–Kier alpha value is -6.84. The molecule has 9 aromatic rings. The molecular formula is C58H51N3. The smallest absolute Gasteiger partial charge is 0.0469 e. The van der Waals surface area contributed by atoms with Gasteiger partial charge in [-0.25, -0.2) is 0 Å². The number of aromatic amines is 1. The van der Waals surface area contributed by atoms with E-state index in [1.54, 1.807) is 0 Å². The summed E-state index contributed by atoms with van der Waals surface area (Å²) in [6.07, 6.45) is 4.23. The van der Waals surface area contributed by atoms with Gasteiger partial charge in [0.15, 0.2) is 0 Å². The van der Waals surface area contributed by atoms with Crippen molar-refractivity contribution in [2.24, 2.45) is 0 Å². The quantitative estimate of drug-likeness (QED) is 0.149. The van der Waals surface area contributed by atoms with E-state index in [0.717, 1.165) is 59.5 Å². The first-order valence-corrected chi connectivity index (χ1v) is 22.3. The zero-order valence-corrected chi connectivity index (χ0v) is 35.5. The number of H-pyrrole nitrogens is 1. The van der Waals surface area contributed by atoms with Crippen molar-refractivity contribution in [1.82, 2.24) is 4.98 Å². The van der Waals surface area contributed by atoms with Crippen LogP contribution in [-0.2, 0) is 10.8 Å². The molecule has 0 saturated carbocycles. The van der Waals surface area contributed by atoms with Crippen molar-refractivity contribution >= 4 is 55.9 Å². The Kier molecular flexibility index (Phi) is 8.79. The van der Waals surface area contributed by atoms with Crippen LogP contribution in [0, 0.1) is 0 Å². The number of para-hydroxylation sites is 2. The maximum atomic E-state index is 3.77. The molecule has 8 aromatic carbocycles. The Balaban J connectivity index is 1.06. The van der Waals surface area contributed by atoms with Crippen LogP contribution in [0.1, 0.15) is 75.6 Å². The molecular weight excluding hydrogens is 739 g/mol. The van der Waals surface area contributed by atoms with Crippen LogP contribution in [-0.4, -0.2) is 4.98 Å². The highest BCUT2D eigenvalue weighted by Crippen LogP contribution is 2.56. The molecule has 0 aliphatic heterocycles. The minimum absolute atomic E-state index is 0.0104. The average Bonchev–Trinajstić information content (AvgIpc) is 3.93. The maximum Gasteiger partial charge on any atom is 0.0469 e. The van der Waals surface area contributed by atoms with E-state index < -0.39 is 0 Å². The van der Waals surface area contributed by atoms with Crippen LogP contribution in [0.4, 0.5) is 34.1 Å². The minimum atomic E-state index is -0.0104. The summed E-state index contributed by atoms with van der Waals surface area (Å²) >= 11 is 0. The van der Waals surface area contributed by atoms with E-state index in [2.05, 4.69) is 224 Å². The van der Waals surface area contributed by atoms with Crippen LogP contribution in [0.15, 0.2) is 182 Å². The van der Waals surface area contributed by atoms with E-state index in [1.807, 2.05) is 0 Å². The fourth-order valence-electron chi connectivity index (χ4n) is 11.4. The normalized spacial score (nSPS) is 14.1. The Morgan fingerprint density at radius 1 is 0.328 bits per heavy atom. The van der Waals surface area contributed by atoms with Gasteiger partial charge in [-0.05, 0) is 155 Å². The van der Waals surface area contributed by atoms with Gasteiger partial charge < -0.3 is 14.8 Å². The molecule has 61 heavy (non-hydrogen) atoms. The summed E-state index contributed by atoms with van der Waals surface area (Å²) in [5, 5.41) is 2.41. The van der Waals surface area contributed by atoms with E-state index in [0.29, 0.717) is 0 Å². The largest absolute Gasteiger partial charge is 0.355 e. The van der Waals surface area contributed by atoms with Gasteiger partial charge in [0.25, 0.3) is 0 Å². The number of aromatic nitrogens is 1. The van der Waals surface area contributed by atoms with Crippen molar-refractivity contribution in [3.8, 4) is 22.3 Å². The van der Waals surface area contributed by atoms with Crippen LogP contribution in [0.5, 0.6) is 0 Å². The molecule has 0 fully saturated rings. The lowest BCUT2D eigenvalue weighted by Crippen LogP contribution is -2.23. The van der Waals surface area contributed by atoms with Gasteiger partial charge >= 0.3 is 0 Å². The Morgan fingerprint density at radius 3 is 1.08 bits per heavy atom. The van der Waals surface area contributed by atoms with E-state index in [9.17, 15) is 0 Å². The molecule has 298 valence electrons. The molecule has 0 amide bonds. The zero-order chi connectivity index (χ0) is 41.3. The predicted octanol–water partition coefficient (Wildman–Crippen LogP) is 16.4. The second kappa shape index (κ2) is 14.4. The van der Waals surface area contributed by atoms with Gasteiger partial charge in [0, 0.05) is 66.8 Å². The van der Waals surface area contributed by atoms with Crippen molar-refractivity contribution in [2.75, 3.05) is 9.80 Å². The summed E-state index contributed by atoms with van der Waals surface area (Å²) in [5.74, 6) is 0.